The number of aliphatic imine (C=N–C) groups is 1. The van der Waals surface area contributed by atoms with Crippen molar-refractivity contribution in [1.29, 1.82) is 0 Å². The first-order valence-electron chi connectivity index (χ1n) is 10.2. The molecule has 154 valence electrons. The molecule has 0 bridgehead atoms. The zero-order chi connectivity index (χ0) is 19.9. The lowest BCUT2D eigenvalue weighted by Gasteiger charge is -2.31. The molecule has 3 rings (SSSR count). The van der Waals surface area contributed by atoms with Crippen LogP contribution in [0.25, 0.3) is 0 Å². The van der Waals surface area contributed by atoms with Crippen LogP contribution in [0.4, 0.5) is 0 Å². The van der Waals surface area contributed by atoms with Gasteiger partial charge < -0.3 is 15.1 Å². The zero-order valence-corrected chi connectivity index (χ0v) is 18.4. The Labute approximate surface area is 172 Å². The van der Waals surface area contributed by atoms with Gasteiger partial charge in [0.25, 0.3) is 0 Å². The van der Waals surface area contributed by atoms with Crippen molar-refractivity contribution >= 4 is 17.3 Å². The fourth-order valence-corrected chi connectivity index (χ4v) is 4.38. The number of rotatable bonds is 7. The normalized spacial score (nSPS) is 16.5. The molecule has 7 heteroatoms. The maximum absolute atomic E-state index is 5.72. The second-order valence-electron chi connectivity index (χ2n) is 7.50. The summed E-state index contributed by atoms with van der Waals surface area (Å²) in [6.45, 7) is 11.0. The first-order valence-corrected chi connectivity index (χ1v) is 11.1. The molecule has 2 aromatic heterocycles. The van der Waals surface area contributed by atoms with E-state index in [1.165, 1.54) is 22.6 Å². The summed E-state index contributed by atoms with van der Waals surface area (Å²) in [5, 5.41) is 6.93. The van der Waals surface area contributed by atoms with Crippen molar-refractivity contribution in [3.8, 4) is 0 Å². The van der Waals surface area contributed by atoms with E-state index in [4.69, 9.17) is 4.42 Å². The standard InChI is InChI=1S/C21H33N5OS/c1-5-18-6-7-19(28-18)13-24-21(22-4)23-12-17-8-10-26(11-9-17)14-20-25-15(2)16(3)27-20/h6-7,17H,5,8-14H2,1-4H3,(H2,22,23,24). The van der Waals surface area contributed by atoms with Crippen LogP contribution < -0.4 is 10.6 Å². The number of aryl methyl sites for hydroxylation is 3. The number of aromatic nitrogens is 1. The van der Waals surface area contributed by atoms with E-state index in [2.05, 4.69) is 44.6 Å². The Bertz CT molecular complexity index is 754. The molecule has 1 aliphatic heterocycles. The molecule has 0 radical (unpaired) electrons. The molecule has 0 amide bonds. The van der Waals surface area contributed by atoms with Crippen LogP contribution in [0.5, 0.6) is 0 Å². The zero-order valence-electron chi connectivity index (χ0n) is 17.5. The minimum Gasteiger partial charge on any atom is -0.444 e. The summed E-state index contributed by atoms with van der Waals surface area (Å²) in [4.78, 5) is 14.1. The smallest absolute Gasteiger partial charge is 0.208 e. The monoisotopic (exact) mass is 403 g/mol. The third-order valence-electron chi connectivity index (χ3n) is 5.42. The summed E-state index contributed by atoms with van der Waals surface area (Å²) in [5.74, 6) is 3.34. The Morgan fingerprint density at radius 1 is 1.25 bits per heavy atom. The molecule has 1 saturated heterocycles. The Morgan fingerprint density at radius 3 is 2.61 bits per heavy atom. The van der Waals surface area contributed by atoms with Crippen molar-refractivity contribution in [3.63, 3.8) is 0 Å². The Morgan fingerprint density at radius 2 is 2.00 bits per heavy atom. The van der Waals surface area contributed by atoms with Gasteiger partial charge in [0, 0.05) is 23.3 Å². The van der Waals surface area contributed by atoms with Gasteiger partial charge in [-0.2, -0.15) is 0 Å². The van der Waals surface area contributed by atoms with Crippen molar-refractivity contribution < 1.29 is 4.42 Å². The molecular formula is C21H33N5OS. The number of hydrogen-bond donors (Lipinski definition) is 2. The van der Waals surface area contributed by atoms with Crippen molar-refractivity contribution in [1.82, 2.24) is 20.5 Å². The lowest BCUT2D eigenvalue weighted by molar-refractivity contribution is 0.164. The Balaban J connectivity index is 1.36. The topological polar surface area (TPSA) is 65.7 Å². The van der Waals surface area contributed by atoms with Crippen LogP contribution in [-0.4, -0.2) is 42.5 Å². The highest BCUT2D eigenvalue weighted by molar-refractivity contribution is 7.11. The van der Waals surface area contributed by atoms with Gasteiger partial charge in [-0.15, -0.1) is 11.3 Å². The average Bonchev–Trinajstić information content (AvgIpc) is 3.29. The summed E-state index contributed by atoms with van der Waals surface area (Å²) < 4.78 is 5.72. The predicted octanol–water partition coefficient (Wildman–Crippen LogP) is 3.49. The number of nitrogens with zero attached hydrogens (tertiary/aromatic N) is 3. The van der Waals surface area contributed by atoms with Crippen molar-refractivity contribution in [2.24, 2.45) is 10.9 Å². The quantitative estimate of drug-likeness (QED) is 0.547. The number of thiophene rings is 1. The largest absolute Gasteiger partial charge is 0.444 e. The van der Waals surface area contributed by atoms with Crippen LogP contribution in [0.15, 0.2) is 21.5 Å². The minimum absolute atomic E-state index is 0.677. The third kappa shape index (κ3) is 5.82. The van der Waals surface area contributed by atoms with Gasteiger partial charge in [0.05, 0.1) is 18.8 Å². The molecule has 1 aliphatic rings. The highest BCUT2D eigenvalue weighted by Gasteiger charge is 2.21. The highest BCUT2D eigenvalue weighted by atomic mass is 32.1. The lowest BCUT2D eigenvalue weighted by atomic mass is 9.97. The van der Waals surface area contributed by atoms with Crippen LogP contribution in [0, 0.1) is 19.8 Å². The van der Waals surface area contributed by atoms with Gasteiger partial charge in [-0.1, -0.05) is 6.92 Å². The molecule has 0 atom stereocenters. The van der Waals surface area contributed by atoms with Crippen molar-refractivity contribution in [2.75, 3.05) is 26.7 Å². The predicted molar refractivity (Wildman–Crippen MR) is 116 cm³/mol. The molecule has 0 saturated carbocycles. The van der Waals surface area contributed by atoms with Gasteiger partial charge in [0.2, 0.25) is 5.89 Å². The van der Waals surface area contributed by atoms with E-state index in [0.717, 1.165) is 62.4 Å². The minimum atomic E-state index is 0.677. The molecule has 6 nitrogen and oxygen atoms in total. The number of guanidine groups is 1. The summed E-state index contributed by atoms with van der Waals surface area (Å²) in [6.07, 6.45) is 3.48. The third-order valence-corrected chi connectivity index (χ3v) is 6.65. The van der Waals surface area contributed by atoms with E-state index < -0.39 is 0 Å². The Kier molecular flexibility index (Phi) is 7.50. The van der Waals surface area contributed by atoms with Gasteiger partial charge in [-0.25, -0.2) is 4.98 Å². The molecule has 28 heavy (non-hydrogen) atoms. The van der Waals surface area contributed by atoms with E-state index in [9.17, 15) is 0 Å². The molecule has 3 heterocycles. The maximum atomic E-state index is 5.72. The van der Waals surface area contributed by atoms with Gasteiger partial charge in [0.1, 0.15) is 5.76 Å². The molecule has 0 aliphatic carbocycles. The van der Waals surface area contributed by atoms with E-state index in [1.807, 2.05) is 32.2 Å². The van der Waals surface area contributed by atoms with Gasteiger partial charge in [-0.3, -0.25) is 9.89 Å². The lowest BCUT2D eigenvalue weighted by Crippen LogP contribution is -2.42. The van der Waals surface area contributed by atoms with E-state index >= 15 is 0 Å². The fraction of sp³-hybridized carbons (Fsp3) is 0.619. The second kappa shape index (κ2) is 10.1. The number of hydrogen-bond acceptors (Lipinski definition) is 5. The number of nitrogens with one attached hydrogen (secondary N) is 2. The van der Waals surface area contributed by atoms with E-state index in [-0.39, 0.29) is 0 Å². The van der Waals surface area contributed by atoms with Crippen LogP contribution in [-0.2, 0) is 19.5 Å². The maximum Gasteiger partial charge on any atom is 0.208 e. The van der Waals surface area contributed by atoms with Crippen LogP contribution >= 0.6 is 11.3 Å². The molecule has 0 spiro atoms. The summed E-state index contributed by atoms with van der Waals surface area (Å²) >= 11 is 1.87. The van der Waals surface area contributed by atoms with Gasteiger partial charge in [-0.05, 0) is 64.3 Å². The molecule has 2 N–H and O–H groups in total. The molecule has 0 unspecified atom stereocenters. The van der Waals surface area contributed by atoms with Crippen molar-refractivity contribution in [3.05, 3.63) is 39.2 Å². The molecule has 2 aromatic rings. The first kappa shape index (κ1) is 20.9. The van der Waals surface area contributed by atoms with Crippen LogP contribution in [0.1, 0.15) is 46.9 Å². The van der Waals surface area contributed by atoms with Crippen molar-refractivity contribution in [2.45, 2.75) is 53.1 Å². The van der Waals surface area contributed by atoms with E-state index in [1.54, 1.807) is 0 Å². The van der Waals surface area contributed by atoms with Crippen LogP contribution in [0.3, 0.4) is 0 Å². The SMILES string of the molecule is CCc1ccc(CNC(=NC)NCC2CCN(Cc3nc(C)c(C)o3)CC2)s1. The number of likely N-dealkylation sites (tertiary alicyclic amines) is 1. The van der Waals surface area contributed by atoms with Crippen LogP contribution in [0.2, 0.25) is 0 Å². The number of oxazole rings is 1. The summed E-state index contributed by atoms with van der Waals surface area (Å²) in [6, 6.07) is 4.42. The highest BCUT2D eigenvalue weighted by Crippen LogP contribution is 2.19. The summed E-state index contributed by atoms with van der Waals surface area (Å²) in [7, 11) is 1.84. The van der Waals surface area contributed by atoms with Gasteiger partial charge in [0.15, 0.2) is 5.96 Å². The van der Waals surface area contributed by atoms with E-state index in [0.29, 0.717) is 5.92 Å². The Hall–Kier alpha value is -1.86. The fourth-order valence-electron chi connectivity index (χ4n) is 3.49. The second-order valence-corrected chi connectivity index (χ2v) is 8.75. The number of piperidine rings is 1. The first-order chi connectivity index (χ1) is 13.6. The molecule has 1 fully saturated rings. The molecule has 0 aromatic carbocycles. The summed E-state index contributed by atoms with van der Waals surface area (Å²) in [5.41, 5.74) is 1.00. The molecular weight excluding hydrogens is 370 g/mol. The average molecular weight is 404 g/mol. The van der Waals surface area contributed by atoms with Gasteiger partial charge >= 0.3 is 0 Å².